The molecule has 1 atom stereocenters. The summed E-state index contributed by atoms with van der Waals surface area (Å²) in [7, 11) is 3.24. The molecule has 0 fully saturated rings. The molecule has 134 valence electrons. The number of fused-ring (bicyclic) bond motifs is 1. The van der Waals surface area contributed by atoms with Crippen LogP contribution in [0.3, 0.4) is 0 Å². The highest BCUT2D eigenvalue weighted by molar-refractivity contribution is 6.06. The summed E-state index contributed by atoms with van der Waals surface area (Å²) < 4.78 is 18.8. The molecule has 0 aliphatic rings. The lowest BCUT2D eigenvalue weighted by atomic mass is 10.0. The van der Waals surface area contributed by atoms with E-state index in [0.29, 0.717) is 16.7 Å². The molecule has 0 radical (unpaired) electrons. The molecule has 1 amide bonds. The van der Waals surface area contributed by atoms with E-state index in [0.717, 1.165) is 5.56 Å². The van der Waals surface area contributed by atoms with Crippen molar-refractivity contribution in [1.29, 1.82) is 0 Å². The number of benzene rings is 2. The second-order valence-corrected chi connectivity index (χ2v) is 6.07. The maximum Gasteiger partial charge on any atom is 0.254 e. The van der Waals surface area contributed by atoms with E-state index in [1.807, 2.05) is 31.2 Å². The van der Waals surface area contributed by atoms with Crippen LogP contribution in [0.4, 0.5) is 4.39 Å². The highest BCUT2D eigenvalue weighted by atomic mass is 19.1. The van der Waals surface area contributed by atoms with Gasteiger partial charge >= 0.3 is 0 Å². The summed E-state index contributed by atoms with van der Waals surface area (Å²) in [4.78, 5) is 29.1. The number of nitrogens with one attached hydrogen (secondary N) is 1. The Morgan fingerprint density at radius 3 is 2.65 bits per heavy atom. The lowest BCUT2D eigenvalue weighted by Gasteiger charge is -2.27. The van der Waals surface area contributed by atoms with Gasteiger partial charge in [-0.3, -0.25) is 9.59 Å². The van der Waals surface area contributed by atoms with Gasteiger partial charge in [-0.2, -0.15) is 0 Å². The average molecular weight is 354 g/mol. The van der Waals surface area contributed by atoms with E-state index >= 15 is 0 Å². The van der Waals surface area contributed by atoms with Crippen molar-refractivity contribution >= 4 is 16.8 Å². The van der Waals surface area contributed by atoms with Crippen molar-refractivity contribution in [2.24, 2.45) is 0 Å². The number of pyridine rings is 1. The number of carbonyl (C=O) groups excluding carboxylic acids is 1. The molecule has 26 heavy (non-hydrogen) atoms. The topological polar surface area (TPSA) is 62.4 Å². The Morgan fingerprint density at radius 2 is 1.92 bits per heavy atom. The Hall–Kier alpha value is -3.15. The van der Waals surface area contributed by atoms with Crippen LogP contribution in [-0.2, 0) is 0 Å². The predicted molar refractivity (Wildman–Crippen MR) is 98.0 cm³/mol. The lowest BCUT2D eigenvalue weighted by Crippen LogP contribution is -2.31. The lowest BCUT2D eigenvalue weighted by molar-refractivity contribution is 0.0743. The monoisotopic (exact) mass is 354 g/mol. The van der Waals surface area contributed by atoms with Crippen LogP contribution in [0.2, 0.25) is 0 Å². The van der Waals surface area contributed by atoms with E-state index in [2.05, 4.69) is 4.98 Å². The van der Waals surface area contributed by atoms with E-state index in [9.17, 15) is 14.0 Å². The van der Waals surface area contributed by atoms with Crippen LogP contribution in [0, 0.1) is 5.82 Å². The van der Waals surface area contributed by atoms with Crippen molar-refractivity contribution in [3.05, 3.63) is 75.8 Å². The first-order chi connectivity index (χ1) is 12.4. The molecular formula is C20H19FN2O3. The number of aromatic amines is 1. The Bertz CT molecular complexity index is 1030. The normalized spacial score (nSPS) is 12.0. The fraction of sp³-hybridized carbons (Fsp3) is 0.200. The molecule has 0 bridgehead atoms. The first-order valence-corrected chi connectivity index (χ1v) is 8.15. The van der Waals surface area contributed by atoms with Crippen LogP contribution in [0.1, 0.15) is 28.9 Å². The molecule has 0 saturated heterocycles. The van der Waals surface area contributed by atoms with Crippen LogP contribution >= 0.6 is 0 Å². The number of methoxy groups -OCH3 is 1. The van der Waals surface area contributed by atoms with Crippen molar-refractivity contribution in [1.82, 2.24) is 9.88 Å². The molecule has 5 nitrogen and oxygen atoms in total. The smallest absolute Gasteiger partial charge is 0.254 e. The number of halogens is 1. The fourth-order valence-electron chi connectivity index (χ4n) is 3.00. The number of rotatable bonds is 4. The van der Waals surface area contributed by atoms with Gasteiger partial charge in [0, 0.05) is 24.1 Å². The molecular weight excluding hydrogens is 335 g/mol. The third-order valence-corrected chi connectivity index (χ3v) is 4.53. The van der Waals surface area contributed by atoms with Crippen molar-refractivity contribution in [2.45, 2.75) is 13.0 Å². The molecule has 1 N–H and O–H groups in total. The second-order valence-electron chi connectivity index (χ2n) is 6.07. The van der Waals surface area contributed by atoms with E-state index in [4.69, 9.17) is 4.74 Å². The molecule has 6 heteroatoms. The molecule has 3 aromatic rings. The zero-order chi connectivity index (χ0) is 18.8. The van der Waals surface area contributed by atoms with Gasteiger partial charge in [0.1, 0.15) is 11.6 Å². The Labute approximate surface area is 150 Å². The first-order valence-electron chi connectivity index (χ1n) is 8.15. The van der Waals surface area contributed by atoms with Crippen LogP contribution in [0.15, 0.2) is 53.3 Å². The van der Waals surface area contributed by atoms with Gasteiger partial charge in [0.05, 0.1) is 24.2 Å². The minimum absolute atomic E-state index is 0.230. The van der Waals surface area contributed by atoms with Crippen molar-refractivity contribution in [3.8, 4) is 5.75 Å². The van der Waals surface area contributed by atoms with Gasteiger partial charge in [-0.15, -0.1) is 0 Å². The summed E-state index contributed by atoms with van der Waals surface area (Å²) in [6, 6.07) is 12.4. The van der Waals surface area contributed by atoms with Gasteiger partial charge in [-0.1, -0.05) is 18.2 Å². The largest absolute Gasteiger partial charge is 0.496 e. The van der Waals surface area contributed by atoms with Crippen LogP contribution in [-0.4, -0.2) is 29.9 Å². The summed E-state index contributed by atoms with van der Waals surface area (Å²) in [5, 5.41) is 0.495. The third-order valence-electron chi connectivity index (χ3n) is 4.53. The summed E-state index contributed by atoms with van der Waals surface area (Å²) in [6.45, 7) is 1.88. The number of aromatic nitrogens is 1. The molecule has 0 spiro atoms. The quantitative estimate of drug-likeness (QED) is 0.780. The number of hydrogen-bond donors (Lipinski definition) is 1. The fourth-order valence-corrected chi connectivity index (χ4v) is 3.00. The summed E-state index contributed by atoms with van der Waals surface area (Å²) >= 11 is 0. The highest BCUT2D eigenvalue weighted by Gasteiger charge is 2.23. The molecule has 0 unspecified atom stereocenters. The average Bonchev–Trinajstić information content (AvgIpc) is 2.65. The minimum Gasteiger partial charge on any atom is -0.496 e. The van der Waals surface area contributed by atoms with Gasteiger partial charge in [-0.05, 0) is 31.2 Å². The maximum absolute atomic E-state index is 13.5. The Morgan fingerprint density at radius 1 is 1.19 bits per heavy atom. The number of H-pyrrole nitrogens is 1. The van der Waals surface area contributed by atoms with Crippen LogP contribution < -0.4 is 10.3 Å². The summed E-state index contributed by atoms with van der Waals surface area (Å²) in [6.07, 6.45) is 0. The van der Waals surface area contributed by atoms with E-state index in [-0.39, 0.29) is 17.5 Å². The number of nitrogens with zero attached hydrogens (tertiary/aromatic N) is 1. The van der Waals surface area contributed by atoms with Gasteiger partial charge in [0.25, 0.3) is 5.91 Å². The summed E-state index contributed by atoms with van der Waals surface area (Å²) in [5.41, 5.74) is 0.919. The SMILES string of the molecule is COc1ccccc1[C@H](C)N(C)C(=O)c1cc(=O)[nH]c2cc(F)ccc12. The van der Waals surface area contributed by atoms with Crippen molar-refractivity contribution in [2.75, 3.05) is 14.2 Å². The van der Waals surface area contributed by atoms with Crippen molar-refractivity contribution in [3.63, 3.8) is 0 Å². The zero-order valence-corrected chi connectivity index (χ0v) is 14.7. The first kappa shape index (κ1) is 17.7. The third kappa shape index (κ3) is 3.18. The van der Waals surface area contributed by atoms with Crippen LogP contribution in [0.25, 0.3) is 10.9 Å². The van der Waals surface area contributed by atoms with E-state index in [1.54, 1.807) is 14.2 Å². The number of hydrogen-bond acceptors (Lipinski definition) is 3. The Balaban J connectivity index is 2.04. The molecule has 0 aliphatic heterocycles. The Kier molecular flexibility index (Phi) is 4.75. The van der Waals surface area contributed by atoms with Gasteiger partial charge in [-0.25, -0.2) is 4.39 Å². The van der Waals surface area contributed by atoms with Crippen molar-refractivity contribution < 1.29 is 13.9 Å². The van der Waals surface area contributed by atoms with E-state index in [1.165, 1.54) is 29.2 Å². The molecule has 2 aromatic carbocycles. The van der Waals surface area contributed by atoms with E-state index < -0.39 is 11.4 Å². The molecule has 1 heterocycles. The number of amides is 1. The number of carbonyl (C=O) groups is 1. The van der Waals surface area contributed by atoms with Gasteiger partial charge in [0.2, 0.25) is 5.56 Å². The number of ether oxygens (including phenoxy) is 1. The molecule has 3 rings (SSSR count). The minimum atomic E-state index is -0.478. The van der Waals surface area contributed by atoms with Crippen LogP contribution in [0.5, 0.6) is 5.75 Å². The number of para-hydroxylation sites is 1. The van der Waals surface area contributed by atoms with Gasteiger partial charge < -0.3 is 14.6 Å². The zero-order valence-electron chi connectivity index (χ0n) is 14.7. The highest BCUT2D eigenvalue weighted by Crippen LogP contribution is 2.29. The second kappa shape index (κ2) is 7.00. The predicted octanol–water partition coefficient (Wildman–Crippen LogP) is 3.51. The standard InChI is InChI=1S/C20H19FN2O3/c1-12(14-6-4-5-7-18(14)26-3)23(2)20(25)16-11-19(24)22-17-10-13(21)8-9-15(16)17/h4-12H,1-3H3,(H,22,24)/t12-/m0/s1. The summed E-state index contributed by atoms with van der Waals surface area (Å²) in [5.74, 6) is -0.128. The van der Waals surface area contributed by atoms with Gasteiger partial charge in [0.15, 0.2) is 0 Å². The molecule has 0 aliphatic carbocycles. The molecule has 0 saturated carbocycles. The maximum atomic E-state index is 13.5. The molecule has 1 aromatic heterocycles.